The summed E-state index contributed by atoms with van der Waals surface area (Å²) in [6, 6.07) is 6.94. The lowest BCUT2D eigenvalue weighted by molar-refractivity contribution is 0.582. The van der Waals surface area contributed by atoms with E-state index in [1.54, 1.807) is 24.5 Å². The fourth-order valence-corrected chi connectivity index (χ4v) is 1.50. The van der Waals surface area contributed by atoms with Crippen LogP contribution >= 0.6 is 11.6 Å². The van der Waals surface area contributed by atoms with Crippen molar-refractivity contribution in [3.8, 4) is 11.3 Å². The lowest BCUT2D eigenvalue weighted by Crippen LogP contribution is -1.93. The van der Waals surface area contributed by atoms with Gasteiger partial charge in [0.25, 0.3) is 0 Å². The predicted octanol–water partition coefficient (Wildman–Crippen LogP) is 2.76. The van der Waals surface area contributed by atoms with Crippen LogP contribution in [0.3, 0.4) is 0 Å². The Hall–Kier alpha value is -1.61. The molecule has 0 unspecified atom stereocenters. The van der Waals surface area contributed by atoms with Gasteiger partial charge in [-0.15, -0.1) is 0 Å². The van der Waals surface area contributed by atoms with Crippen molar-refractivity contribution in [1.29, 1.82) is 0 Å². The molecule has 1 aromatic heterocycles. The van der Waals surface area contributed by atoms with Gasteiger partial charge in [-0.1, -0.05) is 11.6 Å². The van der Waals surface area contributed by atoms with Crippen molar-refractivity contribution in [3.63, 3.8) is 0 Å². The van der Waals surface area contributed by atoms with Crippen LogP contribution in [0.1, 0.15) is 0 Å². The molecule has 0 radical (unpaired) electrons. The fraction of sp³-hybridized carbons (Fsp3) is 0. The van der Waals surface area contributed by atoms with E-state index in [0.717, 1.165) is 5.56 Å². The second-order valence-corrected chi connectivity index (χ2v) is 3.35. The number of hydrogen-bond acceptors (Lipinski definition) is 3. The van der Waals surface area contributed by atoms with Crippen molar-refractivity contribution in [1.82, 2.24) is 0 Å². The Morgan fingerprint density at radius 1 is 1.21 bits per heavy atom. The van der Waals surface area contributed by atoms with Crippen LogP contribution in [0, 0.1) is 0 Å². The van der Waals surface area contributed by atoms with Gasteiger partial charge in [-0.25, -0.2) is 0 Å². The van der Waals surface area contributed by atoms with Gasteiger partial charge in [-0.3, -0.25) is 0 Å². The van der Waals surface area contributed by atoms with Crippen molar-refractivity contribution in [2.45, 2.75) is 0 Å². The van der Waals surface area contributed by atoms with E-state index < -0.39 is 0 Å². The van der Waals surface area contributed by atoms with Crippen LogP contribution in [-0.2, 0) is 0 Å². The molecule has 1 aromatic carbocycles. The van der Waals surface area contributed by atoms with Crippen LogP contribution in [0.25, 0.3) is 11.3 Å². The van der Waals surface area contributed by atoms with E-state index in [2.05, 4.69) is 0 Å². The minimum Gasteiger partial charge on any atom is -0.464 e. The van der Waals surface area contributed by atoms with Gasteiger partial charge >= 0.3 is 0 Å². The average molecular weight is 209 g/mol. The highest BCUT2D eigenvalue weighted by molar-refractivity contribution is 6.34. The second kappa shape index (κ2) is 3.27. The van der Waals surface area contributed by atoms with Crippen molar-refractivity contribution in [2.75, 3.05) is 11.5 Å². The van der Waals surface area contributed by atoms with Crippen molar-refractivity contribution >= 4 is 23.0 Å². The number of halogens is 1. The van der Waals surface area contributed by atoms with Gasteiger partial charge in [0.2, 0.25) is 0 Å². The lowest BCUT2D eigenvalue weighted by Gasteiger charge is -2.05. The van der Waals surface area contributed by atoms with E-state index in [4.69, 9.17) is 27.5 Å². The van der Waals surface area contributed by atoms with Crippen molar-refractivity contribution in [3.05, 3.63) is 35.6 Å². The summed E-state index contributed by atoms with van der Waals surface area (Å²) in [4.78, 5) is 0. The highest BCUT2D eigenvalue weighted by Gasteiger charge is 2.09. The van der Waals surface area contributed by atoms with Gasteiger partial charge in [-0.2, -0.15) is 0 Å². The Morgan fingerprint density at radius 3 is 2.64 bits per heavy atom. The normalized spacial score (nSPS) is 10.4. The molecule has 0 amide bonds. The first kappa shape index (κ1) is 8.97. The van der Waals surface area contributed by atoms with Crippen LogP contribution in [-0.4, -0.2) is 0 Å². The molecular weight excluding hydrogens is 200 g/mol. The maximum absolute atomic E-state index is 5.89. The molecule has 72 valence electrons. The monoisotopic (exact) mass is 208 g/mol. The highest BCUT2D eigenvalue weighted by Crippen LogP contribution is 2.33. The molecule has 4 N–H and O–H groups in total. The minimum absolute atomic E-state index is 0.441. The van der Waals surface area contributed by atoms with E-state index in [0.29, 0.717) is 22.2 Å². The maximum atomic E-state index is 5.89. The van der Waals surface area contributed by atoms with E-state index >= 15 is 0 Å². The zero-order chi connectivity index (χ0) is 10.1. The molecule has 0 spiro atoms. The van der Waals surface area contributed by atoms with Crippen molar-refractivity contribution < 1.29 is 4.42 Å². The maximum Gasteiger partial charge on any atom is 0.136 e. The molecule has 0 saturated heterocycles. The van der Waals surface area contributed by atoms with Crippen LogP contribution in [0.15, 0.2) is 34.9 Å². The molecule has 0 bridgehead atoms. The molecule has 2 aromatic rings. The Labute approximate surface area is 86.3 Å². The first-order chi connectivity index (χ1) is 6.68. The number of hydrogen-bond donors (Lipinski definition) is 2. The molecule has 14 heavy (non-hydrogen) atoms. The third kappa shape index (κ3) is 1.42. The molecule has 3 nitrogen and oxygen atoms in total. The standard InChI is InChI=1S/C10H9ClN2O/c11-8-5-6(12)4-7(10(8)13)9-2-1-3-14-9/h1-5H,12-13H2. The summed E-state index contributed by atoms with van der Waals surface area (Å²) in [5.41, 5.74) is 13.2. The highest BCUT2D eigenvalue weighted by atomic mass is 35.5. The predicted molar refractivity (Wildman–Crippen MR) is 58.0 cm³/mol. The number of furan rings is 1. The molecule has 0 fully saturated rings. The Balaban J connectivity index is 2.64. The van der Waals surface area contributed by atoms with E-state index in [-0.39, 0.29) is 0 Å². The Morgan fingerprint density at radius 2 is 2.00 bits per heavy atom. The molecule has 0 aliphatic heterocycles. The van der Waals surface area contributed by atoms with Gasteiger partial charge in [0.1, 0.15) is 5.76 Å². The summed E-state index contributed by atoms with van der Waals surface area (Å²) in [5.74, 6) is 0.664. The van der Waals surface area contributed by atoms with Crippen LogP contribution in [0.4, 0.5) is 11.4 Å². The van der Waals surface area contributed by atoms with Gasteiger partial charge in [-0.05, 0) is 24.3 Å². The third-order valence-electron chi connectivity index (χ3n) is 1.94. The summed E-state index contributed by atoms with van der Waals surface area (Å²) in [6.07, 6.45) is 1.58. The topological polar surface area (TPSA) is 65.2 Å². The Kier molecular flexibility index (Phi) is 2.09. The number of benzene rings is 1. The van der Waals surface area contributed by atoms with E-state index in [9.17, 15) is 0 Å². The minimum atomic E-state index is 0.441. The zero-order valence-corrected chi connectivity index (χ0v) is 8.08. The van der Waals surface area contributed by atoms with Gasteiger partial charge in [0.15, 0.2) is 0 Å². The molecule has 0 atom stereocenters. The third-order valence-corrected chi connectivity index (χ3v) is 2.25. The van der Waals surface area contributed by atoms with Crippen molar-refractivity contribution in [2.24, 2.45) is 0 Å². The molecule has 0 aliphatic rings. The quantitative estimate of drug-likeness (QED) is 0.709. The number of nitrogens with two attached hydrogens (primary N) is 2. The molecule has 0 saturated carbocycles. The SMILES string of the molecule is Nc1cc(Cl)c(N)c(-c2ccco2)c1. The van der Waals surface area contributed by atoms with Gasteiger partial charge in [0.05, 0.1) is 17.0 Å². The summed E-state index contributed by atoms with van der Waals surface area (Å²) in [6.45, 7) is 0. The molecule has 2 rings (SSSR count). The first-order valence-electron chi connectivity index (χ1n) is 4.07. The van der Waals surface area contributed by atoms with E-state index in [1.807, 2.05) is 6.07 Å². The average Bonchev–Trinajstić information content (AvgIpc) is 2.63. The summed E-state index contributed by atoms with van der Waals surface area (Å²) < 4.78 is 5.22. The molecule has 1 heterocycles. The molecule has 4 heteroatoms. The summed E-state index contributed by atoms with van der Waals surface area (Å²) in [7, 11) is 0. The summed E-state index contributed by atoms with van der Waals surface area (Å²) >= 11 is 5.89. The summed E-state index contributed by atoms with van der Waals surface area (Å²) in [5, 5.41) is 0.441. The lowest BCUT2D eigenvalue weighted by atomic mass is 10.1. The number of nitrogen functional groups attached to an aromatic ring is 2. The number of anilines is 2. The van der Waals surface area contributed by atoms with Crippen LogP contribution in [0.2, 0.25) is 5.02 Å². The largest absolute Gasteiger partial charge is 0.464 e. The van der Waals surface area contributed by atoms with Gasteiger partial charge in [0, 0.05) is 11.3 Å². The zero-order valence-electron chi connectivity index (χ0n) is 7.33. The molecule has 0 aliphatic carbocycles. The molecular formula is C10H9ClN2O. The Bertz CT molecular complexity index is 451. The second-order valence-electron chi connectivity index (χ2n) is 2.94. The fourth-order valence-electron chi connectivity index (χ4n) is 1.27. The number of rotatable bonds is 1. The first-order valence-corrected chi connectivity index (χ1v) is 4.44. The smallest absolute Gasteiger partial charge is 0.136 e. The van der Waals surface area contributed by atoms with Crippen LogP contribution < -0.4 is 11.5 Å². The van der Waals surface area contributed by atoms with Crippen LogP contribution in [0.5, 0.6) is 0 Å². The van der Waals surface area contributed by atoms with Gasteiger partial charge < -0.3 is 15.9 Å². The van der Waals surface area contributed by atoms with E-state index in [1.165, 1.54) is 0 Å².